The summed E-state index contributed by atoms with van der Waals surface area (Å²) in [6.07, 6.45) is 5.30. The lowest BCUT2D eigenvalue weighted by Crippen LogP contribution is -2.32. The summed E-state index contributed by atoms with van der Waals surface area (Å²) in [5, 5.41) is 3.46. The molecule has 1 N–H and O–H groups in total. The lowest BCUT2D eigenvalue weighted by atomic mass is 9.99. The fourth-order valence-corrected chi connectivity index (χ4v) is 1.47. The number of halogens is 1. The van der Waals surface area contributed by atoms with Gasteiger partial charge in [0.2, 0.25) is 0 Å². The summed E-state index contributed by atoms with van der Waals surface area (Å²) in [7, 11) is 0. The van der Waals surface area contributed by atoms with Crippen LogP contribution in [0.4, 0.5) is 0 Å². The van der Waals surface area contributed by atoms with Gasteiger partial charge in [0.15, 0.2) is 0 Å². The molecule has 0 aromatic rings. The number of hydrogen-bond donors (Lipinski definition) is 1. The molecule has 2 heteroatoms. The largest absolute Gasteiger partial charge is 0.313 e. The van der Waals surface area contributed by atoms with E-state index in [-0.39, 0.29) is 0 Å². The highest BCUT2D eigenvalue weighted by Gasteiger charge is 2.06. The van der Waals surface area contributed by atoms with Crippen LogP contribution >= 0.6 is 11.6 Å². The van der Waals surface area contributed by atoms with E-state index in [9.17, 15) is 0 Å². The van der Waals surface area contributed by atoms with Crippen LogP contribution in [0.2, 0.25) is 0 Å². The van der Waals surface area contributed by atoms with E-state index in [0.29, 0.717) is 11.9 Å². The van der Waals surface area contributed by atoms with Crippen LogP contribution in [0.5, 0.6) is 0 Å². The van der Waals surface area contributed by atoms with Crippen LogP contribution in [0.3, 0.4) is 0 Å². The molecule has 0 aliphatic rings. The second kappa shape index (κ2) is 8.83. The zero-order valence-electron chi connectivity index (χ0n) is 9.28. The van der Waals surface area contributed by atoms with Crippen LogP contribution in [-0.4, -0.2) is 18.5 Å². The minimum absolute atomic E-state index is 0.456. The van der Waals surface area contributed by atoms with Gasteiger partial charge >= 0.3 is 0 Å². The van der Waals surface area contributed by atoms with Crippen molar-refractivity contribution >= 4 is 11.6 Å². The Balaban J connectivity index is 3.46. The normalized spacial score (nSPS) is 15.7. The zero-order valence-corrected chi connectivity index (χ0v) is 10.0. The van der Waals surface area contributed by atoms with Gasteiger partial charge in [-0.3, -0.25) is 0 Å². The summed E-state index contributed by atoms with van der Waals surface area (Å²) in [6, 6.07) is 0.456. The lowest BCUT2D eigenvalue weighted by molar-refractivity contribution is 0.404. The fraction of sp³-hybridized carbons (Fsp3) is 1.00. The maximum atomic E-state index is 5.72. The predicted octanol–water partition coefficient (Wildman–Crippen LogP) is 3.42. The average molecular weight is 206 g/mol. The molecule has 1 nitrogen and oxygen atoms in total. The van der Waals surface area contributed by atoms with Gasteiger partial charge in [-0.1, -0.05) is 33.1 Å². The summed E-state index contributed by atoms with van der Waals surface area (Å²) >= 11 is 5.72. The smallest absolute Gasteiger partial charge is 0.0374 e. The molecule has 0 aliphatic carbocycles. The Kier molecular flexibility index (Phi) is 9.00. The minimum Gasteiger partial charge on any atom is -0.313 e. The maximum absolute atomic E-state index is 5.72. The van der Waals surface area contributed by atoms with Crippen LogP contribution < -0.4 is 5.32 Å². The molecule has 80 valence electrons. The molecule has 0 radical (unpaired) electrons. The van der Waals surface area contributed by atoms with Crippen LogP contribution in [-0.2, 0) is 0 Å². The van der Waals surface area contributed by atoms with Crippen molar-refractivity contribution in [3.8, 4) is 0 Å². The van der Waals surface area contributed by atoms with Crippen molar-refractivity contribution < 1.29 is 0 Å². The second-order valence-electron chi connectivity index (χ2n) is 3.88. The highest BCUT2D eigenvalue weighted by molar-refractivity contribution is 6.18. The first-order valence-electron chi connectivity index (χ1n) is 5.53. The van der Waals surface area contributed by atoms with E-state index in [1.54, 1.807) is 0 Å². The van der Waals surface area contributed by atoms with Gasteiger partial charge in [-0.05, 0) is 25.8 Å². The van der Waals surface area contributed by atoms with Crippen LogP contribution in [0.25, 0.3) is 0 Å². The summed E-state index contributed by atoms with van der Waals surface area (Å²) in [4.78, 5) is 0. The Morgan fingerprint density at radius 3 is 2.46 bits per heavy atom. The molecular formula is C11H24ClN. The molecule has 0 rings (SSSR count). The third kappa shape index (κ3) is 7.33. The van der Waals surface area contributed by atoms with Gasteiger partial charge in [0, 0.05) is 11.9 Å². The van der Waals surface area contributed by atoms with Crippen molar-refractivity contribution in [2.45, 2.75) is 52.5 Å². The molecule has 0 amide bonds. The van der Waals surface area contributed by atoms with Gasteiger partial charge in [0.1, 0.15) is 0 Å². The number of rotatable bonds is 8. The molecule has 0 aromatic carbocycles. The van der Waals surface area contributed by atoms with E-state index in [2.05, 4.69) is 26.1 Å². The minimum atomic E-state index is 0.456. The highest BCUT2D eigenvalue weighted by Crippen LogP contribution is 2.11. The molecule has 0 saturated heterocycles. The summed E-state index contributed by atoms with van der Waals surface area (Å²) in [5.74, 6) is 1.55. The average Bonchev–Trinajstić information content (AvgIpc) is 2.17. The van der Waals surface area contributed by atoms with Crippen LogP contribution in [0, 0.1) is 5.92 Å². The van der Waals surface area contributed by atoms with Crippen LogP contribution in [0.1, 0.15) is 46.5 Å². The van der Waals surface area contributed by atoms with Gasteiger partial charge < -0.3 is 5.32 Å². The Hall–Kier alpha value is 0.250. The number of nitrogens with one attached hydrogen (secondary N) is 1. The third-order valence-corrected chi connectivity index (χ3v) is 2.99. The van der Waals surface area contributed by atoms with Crippen molar-refractivity contribution in [2.24, 2.45) is 5.92 Å². The molecule has 0 aliphatic heterocycles. The van der Waals surface area contributed by atoms with E-state index in [1.807, 2.05) is 0 Å². The highest BCUT2D eigenvalue weighted by atomic mass is 35.5. The summed E-state index contributed by atoms with van der Waals surface area (Å²) < 4.78 is 0. The standard InChI is InChI=1S/C11H24ClN/c1-4-6-7-11(5-2)9-13-10(3)8-12/h10-11,13H,4-9H2,1-3H3. The fourth-order valence-electron chi connectivity index (χ4n) is 1.37. The van der Waals surface area contributed by atoms with Crippen LogP contribution in [0.15, 0.2) is 0 Å². The van der Waals surface area contributed by atoms with E-state index in [0.717, 1.165) is 12.5 Å². The Morgan fingerprint density at radius 2 is 2.00 bits per heavy atom. The molecule has 0 fully saturated rings. The molecule has 0 heterocycles. The van der Waals surface area contributed by atoms with Crippen molar-refractivity contribution in [1.82, 2.24) is 5.32 Å². The van der Waals surface area contributed by atoms with Gasteiger partial charge in [0.25, 0.3) is 0 Å². The number of alkyl halides is 1. The molecule has 0 bridgehead atoms. The van der Waals surface area contributed by atoms with E-state index < -0.39 is 0 Å². The number of unbranched alkanes of at least 4 members (excludes halogenated alkanes) is 1. The first kappa shape index (κ1) is 13.2. The molecule has 13 heavy (non-hydrogen) atoms. The Bertz CT molecular complexity index is 106. The SMILES string of the molecule is CCCCC(CC)CNC(C)CCl. The Labute approximate surface area is 88.2 Å². The molecule has 2 unspecified atom stereocenters. The van der Waals surface area contributed by atoms with E-state index in [1.165, 1.54) is 25.7 Å². The zero-order chi connectivity index (χ0) is 10.1. The predicted molar refractivity (Wildman–Crippen MR) is 61.5 cm³/mol. The first-order chi connectivity index (χ1) is 6.24. The van der Waals surface area contributed by atoms with Gasteiger partial charge in [-0.2, -0.15) is 0 Å². The first-order valence-corrected chi connectivity index (χ1v) is 6.07. The van der Waals surface area contributed by atoms with Crippen molar-refractivity contribution in [3.63, 3.8) is 0 Å². The maximum Gasteiger partial charge on any atom is 0.0374 e. The molecule has 0 aromatic heterocycles. The topological polar surface area (TPSA) is 12.0 Å². The van der Waals surface area contributed by atoms with Crippen molar-refractivity contribution in [2.75, 3.05) is 12.4 Å². The molecule has 0 spiro atoms. The molecular weight excluding hydrogens is 182 g/mol. The van der Waals surface area contributed by atoms with E-state index in [4.69, 9.17) is 11.6 Å². The van der Waals surface area contributed by atoms with Gasteiger partial charge in [0.05, 0.1) is 0 Å². The van der Waals surface area contributed by atoms with Gasteiger partial charge in [-0.25, -0.2) is 0 Å². The third-order valence-electron chi connectivity index (χ3n) is 2.53. The quantitative estimate of drug-likeness (QED) is 0.599. The Morgan fingerprint density at radius 1 is 1.31 bits per heavy atom. The second-order valence-corrected chi connectivity index (χ2v) is 4.19. The number of hydrogen-bond acceptors (Lipinski definition) is 1. The monoisotopic (exact) mass is 205 g/mol. The molecule has 2 atom stereocenters. The summed E-state index contributed by atoms with van der Waals surface area (Å²) in [6.45, 7) is 7.79. The lowest BCUT2D eigenvalue weighted by Gasteiger charge is -2.18. The van der Waals surface area contributed by atoms with Crippen molar-refractivity contribution in [1.29, 1.82) is 0 Å². The van der Waals surface area contributed by atoms with Gasteiger partial charge in [-0.15, -0.1) is 11.6 Å². The summed E-state index contributed by atoms with van der Waals surface area (Å²) in [5.41, 5.74) is 0. The van der Waals surface area contributed by atoms with Crippen molar-refractivity contribution in [3.05, 3.63) is 0 Å². The molecule has 0 saturated carbocycles. The van der Waals surface area contributed by atoms with E-state index >= 15 is 0 Å².